The first-order valence-electron chi connectivity index (χ1n) is 8.46. The summed E-state index contributed by atoms with van der Waals surface area (Å²) in [4.78, 5) is 8.00. The smallest absolute Gasteiger partial charge is 0.245 e. The highest BCUT2D eigenvalue weighted by Gasteiger charge is 2.23. The van der Waals surface area contributed by atoms with Crippen molar-refractivity contribution >= 4 is 30.8 Å². The second kappa shape index (κ2) is 9.13. The molecule has 2 aromatic heterocycles. The van der Waals surface area contributed by atoms with Gasteiger partial charge in [-0.2, -0.15) is 15.0 Å². The summed E-state index contributed by atoms with van der Waals surface area (Å²) in [6.45, 7) is 1.78. The van der Waals surface area contributed by atoms with E-state index in [0.717, 1.165) is 25.1 Å². The predicted molar refractivity (Wildman–Crippen MR) is 111 cm³/mol. The molecular weight excluding hydrogens is 403 g/mol. The summed E-state index contributed by atoms with van der Waals surface area (Å²) < 4.78 is 0. The average molecular weight is 425 g/mol. The van der Waals surface area contributed by atoms with Crippen LogP contribution in [0.2, 0.25) is 0 Å². The quantitative estimate of drug-likeness (QED) is 0.651. The standard InChI is InChI=1S/C17H20N8O.2ClH/c1-18-12-5-6-25(10-12)17-19-8-15(21-22-17)13-4-3-11(7-16(13)26)14-9-20-24(2)23-14;;/h3-4,7-9,12,18,26H,5-6,10H2,1-2H3;2*1H. The number of benzene rings is 1. The molecule has 4 rings (SSSR count). The molecule has 9 nitrogen and oxygen atoms in total. The van der Waals surface area contributed by atoms with Crippen LogP contribution in [0.5, 0.6) is 5.75 Å². The first kappa shape index (κ1) is 21.8. The lowest BCUT2D eigenvalue weighted by atomic mass is 10.1. The maximum atomic E-state index is 10.4. The van der Waals surface area contributed by atoms with Gasteiger partial charge in [0.1, 0.15) is 17.1 Å². The maximum Gasteiger partial charge on any atom is 0.245 e. The molecule has 0 radical (unpaired) electrons. The molecule has 2 N–H and O–H groups in total. The Hall–Kier alpha value is -2.49. The molecule has 1 unspecified atom stereocenters. The second-order valence-electron chi connectivity index (χ2n) is 6.31. The van der Waals surface area contributed by atoms with Crippen molar-refractivity contribution in [2.75, 3.05) is 25.0 Å². The Kier molecular flexibility index (Phi) is 7.11. The van der Waals surface area contributed by atoms with E-state index in [-0.39, 0.29) is 30.6 Å². The molecule has 0 bridgehead atoms. The van der Waals surface area contributed by atoms with Crippen LogP contribution in [0.4, 0.5) is 5.95 Å². The van der Waals surface area contributed by atoms with E-state index in [4.69, 9.17) is 0 Å². The van der Waals surface area contributed by atoms with Crippen molar-refractivity contribution < 1.29 is 5.11 Å². The minimum atomic E-state index is 0. The summed E-state index contributed by atoms with van der Waals surface area (Å²) in [5.74, 6) is 0.718. The number of hydrogen-bond acceptors (Lipinski definition) is 8. The molecule has 0 aliphatic carbocycles. The van der Waals surface area contributed by atoms with Gasteiger partial charge in [-0.3, -0.25) is 0 Å². The van der Waals surface area contributed by atoms with Crippen LogP contribution in [0.15, 0.2) is 30.6 Å². The molecule has 1 fully saturated rings. The lowest BCUT2D eigenvalue weighted by Gasteiger charge is -2.15. The Labute approximate surface area is 175 Å². The van der Waals surface area contributed by atoms with E-state index in [1.54, 1.807) is 31.6 Å². The van der Waals surface area contributed by atoms with Gasteiger partial charge in [-0.05, 0) is 25.6 Å². The number of anilines is 1. The molecule has 1 aliphatic heterocycles. The minimum absolute atomic E-state index is 0. The zero-order valence-corrected chi connectivity index (χ0v) is 17.1. The molecule has 3 aromatic rings. The van der Waals surface area contributed by atoms with Crippen LogP contribution in [0.1, 0.15) is 6.42 Å². The Bertz CT molecular complexity index is 918. The van der Waals surface area contributed by atoms with Crippen molar-refractivity contribution in [1.29, 1.82) is 0 Å². The SMILES string of the molecule is CNC1CCN(c2ncc(-c3ccc(-c4cnn(C)n4)cc3O)nn2)C1.Cl.Cl. The van der Waals surface area contributed by atoms with Gasteiger partial charge in [-0.15, -0.1) is 35.0 Å². The minimum Gasteiger partial charge on any atom is -0.507 e. The highest BCUT2D eigenvalue weighted by Crippen LogP contribution is 2.31. The largest absolute Gasteiger partial charge is 0.507 e. The third kappa shape index (κ3) is 4.32. The van der Waals surface area contributed by atoms with Crippen molar-refractivity contribution in [3.8, 4) is 28.3 Å². The molecule has 3 heterocycles. The number of phenols is 1. The van der Waals surface area contributed by atoms with Gasteiger partial charge in [0.2, 0.25) is 5.95 Å². The number of aryl methyl sites for hydroxylation is 1. The first-order valence-corrected chi connectivity index (χ1v) is 8.46. The number of aromatic hydroxyl groups is 1. The van der Waals surface area contributed by atoms with E-state index in [2.05, 4.69) is 35.6 Å². The second-order valence-corrected chi connectivity index (χ2v) is 6.31. The van der Waals surface area contributed by atoms with Crippen LogP contribution in [-0.2, 0) is 7.05 Å². The van der Waals surface area contributed by atoms with Crippen molar-refractivity contribution in [3.05, 3.63) is 30.6 Å². The number of nitrogens with one attached hydrogen (secondary N) is 1. The fourth-order valence-electron chi connectivity index (χ4n) is 3.10. The molecular formula is C17H22Cl2N8O. The van der Waals surface area contributed by atoms with Crippen molar-refractivity contribution in [3.63, 3.8) is 0 Å². The van der Waals surface area contributed by atoms with Gasteiger partial charge >= 0.3 is 0 Å². The summed E-state index contributed by atoms with van der Waals surface area (Å²) >= 11 is 0. The Morgan fingerprint density at radius 1 is 1.14 bits per heavy atom. The zero-order chi connectivity index (χ0) is 18.1. The molecule has 1 aliphatic rings. The molecule has 0 spiro atoms. The van der Waals surface area contributed by atoms with Crippen molar-refractivity contribution in [2.45, 2.75) is 12.5 Å². The Morgan fingerprint density at radius 2 is 1.96 bits per heavy atom. The van der Waals surface area contributed by atoms with Crippen molar-refractivity contribution in [1.82, 2.24) is 35.5 Å². The van der Waals surface area contributed by atoms with Crippen LogP contribution in [-0.4, -0.2) is 61.5 Å². The van der Waals surface area contributed by atoms with Crippen LogP contribution in [0, 0.1) is 0 Å². The molecule has 0 amide bonds. The number of hydrogen-bond donors (Lipinski definition) is 2. The molecule has 1 atom stereocenters. The summed E-state index contributed by atoms with van der Waals surface area (Å²) in [7, 11) is 3.71. The van der Waals surface area contributed by atoms with Gasteiger partial charge in [0.15, 0.2) is 0 Å². The van der Waals surface area contributed by atoms with E-state index in [0.29, 0.717) is 28.9 Å². The highest BCUT2D eigenvalue weighted by atomic mass is 35.5. The Balaban J connectivity index is 0.00000140. The van der Waals surface area contributed by atoms with Gasteiger partial charge in [-0.1, -0.05) is 6.07 Å². The fourth-order valence-corrected chi connectivity index (χ4v) is 3.10. The lowest BCUT2D eigenvalue weighted by Crippen LogP contribution is -2.30. The maximum absolute atomic E-state index is 10.4. The van der Waals surface area contributed by atoms with Gasteiger partial charge in [0.25, 0.3) is 0 Å². The number of aromatic nitrogens is 6. The molecule has 150 valence electrons. The monoisotopic (exact) mass is 424 g/mol. The summed E-state index contributed by atoms with van der Waals surface area (Å²) in [6.07, 6.45) is 4.36. The summed E-state index contributed by atoms with van der Waals surface area (Å²) in [5.41, 5.74) is 2.59. The zero-order valence-electron chi connectivity index (χ0n) is 15.5. The first-order chi connectivity index (χ1) is 12.6. The van der Waals surface area contributed by atoms with Gasteiger partial charge in [0.05, 0.1) is 12.4 Å². The molecule has 28 heavy (non-hydrogen) atoms. The average Bonchev–Trinajstić information content (AvgIpc) is 3.31. The number of phenolic OH excluding ortho intramolecular Hbond substituents is 1. The van der Waals surface area contributed by atoms with Crippen molar-refractivity contribution in [2.24, 2.45) is 7.05 Å². The molecule has 1 aromatic carbocycles. The third-order valence-electron chi connectivity index (χ3n) is 4.60. The van der Waals surface area contributed by atoms with Gasteiger partial charge < -0.3 is 15.3 Å². The van der Waals surface area contributed by atoms with E-state index in [1.165, 1.54) is 4.80 Å². The Morgan fingerprint density at radius 3 is 2.54 bits per heavy atom. The van der Waals surface area contributed by atoms with Gasteiger partial charge in [0, 0.05) is 37.3 Å². The van der Waals surface area contributed by atoms with Crippen LogP contribution in [0.25, 0.3) is 22.5 Å². The van der Waals surface area contributed by atoms with E-state index < -0.39 is 0 Å². The topological polar surface area (TPSA) is 105 Å². The van der Waals surface area contributed by atoms with Crippen LogP contribution >= 0.6 is 24.8 Å². The lowest BCUT2D eigenvalue weighted by molar-refractivity contribution is 0.477. The summed E-state index contributed by atoms with van der Waals surface area (Å²) in [5, 5.41) is 30.4. The molecule has 11 heteroatoms. The van der Waals surface area contributed by atoms with Crippen LogP contribution in [0.3, 0.4) is 0 Å². The van der Waals surface area contributed by atoms with Crippen LogP contribution < -0.4 is 10.2 Å². The molecule has 1 saturated heterocycles. The normalized spacial score (nSPS) is 15.8. The van der Waals surface area contributed by atoms with E-state index in [9.17, 15) is 5.11 Å². The highest BCUT2D eigenvalue weighted by molar-refractivity contribution is 5.85. The third-order valence-corrected chi connectivity index (χ3v) is 4.60. The molecule has 0 saturated carbocycles. The predicted octanol–water partition coefficient (Wildman–Crippen LogP) is 1.68. The number of nitrogens with zero attached hydrogens (tertiary/aromatic N) is 7. The summed E-state index contributed by atoms with van der Waals surface area (Å²) in [6, 6.07) is 5.76. The van der Waals surface area contributed by atoms with Gasteiger partial charge in [-0.25, -0.2) is 4.98 Å². The fraction of sp³-hybridized carbons (Fsp3) is 0.353. The number of rotatable bonds is 4. The number of likely N-dealkylation sites (N-methyl/N-ethyl adjacent to an activating group) is 1. The number of halogens is 2. The van der Waals surface area contributed by atoms with E-state index in [1.807, 2.05) is 13.1 Å². The van der Waals surface area contributed by atoms with E-state index >= 15 is 0 Å².